The summed E-state index contributed by atoms with van der Waals surface area (Å²) in [5.41, 5.74) is -0.184. The number of carbonyl (C=O) groups is 1. The zero-order valence-electron chi connectivity index (χ0n) is 14.1. The van der Waals surface area contributed by atoms with E-state index in [1.54, 1.807) is 36.4 Å². The van der Waals surface area contributed by atoms with E-state index in [0.29, 0.717) is 16.5 Å². The molecule has 0 heterocycles. The van der Waals surface area contributed by atoms with Crippen molar-refractivity contribution in [3.63, 3.8) is 0 Å². The van der Waals surface area contributed by atoms with Gasteiger partial charge in [0, 0.05) is 10.7 Å². The van der Waals surface area contributed by atoms with E-state index in [4.69, 9.17) is 27.9 Å². The molecule has 6 nitrogen and oxygen atoms in total. The Morgan fingerprint density at radius 3 is 2.29 bits per heavy atom. The highest BCUT2D eigenvalue weighted by atomic mass is 35.5. The molecular formula is C19H13Cl2NO5S. The van der Waals surface area contributed by atoms with E-state index in [-0.39, 0.29) is 15.6 Å². The van der Waals surface area contributed by atoms with Gasteiger partial charge in [-0.3, -0.25) is 4.72 Å². The Bertz CT molecular complexity index is 1130. The first-order valence-electron chi connectivity index (χ1n) is 7.84. The van der Waals surface area contributed by atoms with Crippen LogP contribution in [0, 0.1) is 0 Å². The lowest BCUT2D eigenvalue weighted by Gasteiger charge is -2.12. The largest absolute Gasteiger partial charge is 0.478 e. The average Bonchev–Trinajstić information content (AvgIpc) is 2.64. The number of carboxylic acids is 1. The molecule has 3 aromatic carbocycles. The normalized spacial score (nSPS) is 11.1. The van der Waals surface area contributed by atoms with Crippen LogP contribution in [-0.2, 0) is 10.0 Å². The van der Waals surface area contributed by atoms with Crippen molar-refractivity contribution in [3.05, 3.63) is 82.3 Å². The highest BCUT2D eigenvalue weighted by Gasteiger charge is 2.22. The number of rotatable bonds is 6. The van der Waals surface area contributed by atoms with Gasteiger partial charge in [0.2, 0.25) is 0 Å². The topological polar surface area (TPSA) is 92.7 Å². The minimum absolute atomic E-state index is 0.123. The molecule has 0 spiro atoms. The number of halogens is 2. The summed E-state index contributed by atoms with van der Waals surface area (Å²) in [6, 6.07) is 16.6. The number of hydrogen-bond acceptors (Lipinski definition) is 4. The molecule has 2 N–H and O–H groups in total. The fourth-order valence-electron chi connectivity index (χ4n) is 2.36. The zero-order valence-corrected chi connectivity index (χ0v) is 16.4. The molecule has 0 atom stereocenters. The van der Waals surface area contributed by atoms with Gasteiger partial charge in [0.05, 0.1) is 10.6 Å². The third kappa shape index (κ3) is 4.56. The first kappa shape index (κ1) is 20.0. The summed E-state index contributed by atoms with van der Waals surface area (Å²) in [4.78, 5) is 11.0. The average molecular weight is 438 g/mol. The van der Waals surface area contributed by atoms with Crippen LogP contribution in [0.2, 0.25) is 10.0 Å². The van der Waals surface area contributed by atoms with Gasteiger partial charge in [0.15, 0.2) is 0 Å². The number of aromatic carboxylic acids is 1. The SMILES string of the molecule is O=C(O)c1cc(Cl)ccc1S(=O)(=O)Nc1ccc(Oc2ccccc2Cl)cc1. The van der Waals surface area contributed by atoms with Crippen molar-refractivity contribution in [2.24, 2.45) is 0 Å². The lowest BCUT2D eigenvalue weighted by Crippen LogP contribution is -2.16. The van der Waals surface area contributed by atoms with Gasteiger partial charge in [-0.1, -0.05) is 35.3 Å². The Labute approximate surface area is 171 Å². The molecule has 0 aliphatic heterocycles. The molecule has 0 bridgehead atoms. The van der Waals surface area contributed by atoms with E-state index in [1.807, 2.05) is 0 Å². The van der Waals surface area contributed by atoms with E-state index in [2.05, 4.69) is 4.72 Å². The number of ether oxygens (including phenoxy) is 1. The van der Waals surface area contributed by atoms with Gasteiger partial charge in [0.25, 0.3) is 10.0 Å². The Balaban J connectivity index is 1.82. The van der Waals surface area contributed by atoms with Crippen LogP contribution in [0.3, 0.4) is 0 Å². The fraction of sp³-hybridized carbons (Fsp3) is 0. The zero-order chi connectivity index (χ0) is 20.3. The Hall–Kier alpha value is -2.74. The highest BCUT2D eigenvalue weighted by molar-refractivity contribution is 7.92. The quantitative estimate of drug-likeness (QED) is 0.546. The van der Waals surface area contributed by atoms with Gasteiger partial charge < -0.3 is 9.84 Å². The van der Waals surface area contributed by atoms with Crippen LogP contribution < -0.4 is 9.46 Å². The monoisotopic (exact) mass is 437 g/mol. The van der Waals surface area contributed by atoms with E-state index in [1.165, 1.54) is 18.2 Å². The molecular weight excluding hydrogens is 425 g/mol. The fourth-order valence-corrected chi connectivity index (χ4v) is 3.94. The Morgan fingerprint density at radius 1 is 0.964 bits per heavy atom. The second-order valence-electron chi connectivity index (χ2n) is 5.61. The molecule has 0 aliphatic carbocycles. The second kappa shape index (κ2) is 8.10. The first-order chi connectivity index (χ1) is 13.3. The summed E-state index contributed by atoms with van der Waals surface area (Å²) >= 11 is 11.8. The number of para-hydroxylation sites is 1. The maximum Gasteiger partial charge on any atom is 0.337 e. The van der Waals surface area contributed by atoms with E-state index in [0.717, 1.165) is 12.1 Å². The van der Waals surface area contributed by atoms with Crippen LogP contribution in [-0.4, -0.2) is 19.5 Å². The molecule has 0 unspecified atom stereocenters. The van der Waals surface area contributed by atoms with Gasteiger partial charge in [-0.2, -0.15) is 0 Å². The molecule has 0 aromatic heterocycles. The summed E-state index contributed by atoms with van der Waals surface area (Å²) in [5.74, 6) is -0.482. The number of anilines is 1. The third-order valence-corrected chi connectivity index (χ3v) is 5.62. The molecule has 0 amide bonds. The minimum Gasteiger partial charge on any atom is -0.478 e. The third-order valence-electron chi connectivity index (χ3n) is 3.63. The van der Waals surface area contributed by atoms with E-state index in [9.17, 15) is 18.3 Å². The lowest BCUT2D eigenvalue weighted by atomic mass is 10.2. The van der Waals surface area contributed by atoms with Crippen molar-refractivity contribution in [1.82, 2.24) is 0 Å². The molecule has 144 valence electrons. The van der Waals surface area contributed by atoms with Crippen LogP contribution in [0.15, 0.2) is 71.6 Å². The van der Waals surface area contributed by atoms with Crippen LogP contribution >= 0.6 is 23.2 Å². The molecule has 0 fully saturated rings. The lowest BCUT2D eigenvalue weighted by molar-refractivity contribution is 0.0692. The van der Waals surface area contributed by atoms with Crippen LogP contribution in [0.4, 0.5) is 5.69 Å². The van der Waals surface area contributed by atoms with Gasteiger partial charge in [-0.15, -0.1) is 0 Å². The molecule has 0 saturated carbocycles. The van der Waals surface area contributed by atoms with Gasteiger partial charge in [-0.05, 0) is 54.6 Å². The van der Waals surface area contributed by atoms with Crippen molar-refractivity contribution < 1.29 is 23.1 Å². The predicted octanol–water partition coefficient (Wildman–Crippen LogP) is 5.28. The minimum atomic E-state index is -4.14. The van der Waals surface area contributed by atoms with Crippen molar-refractivity contribution in [3.8, 4) is 11.5 Å². The summed E-state index contributed by atoms with van der Waals surface area (Å²) in [6.45, 7) is 0. The summed E-state index contributed by atoms with van der Waals surface area (Å²) in [7, 11) is -4.14. The Morgan fingerprint density at radius 2 is 1.64 bits per heavy atom. The number of benzene rings is 3. The smallest absolute Gasteiger partial charge is 0.337 e. The predicted molar refractivity (Wildman–Crippen MR) is 107 cm³/mol. The van der Waals surface area contributed by atoms with E-state index >= 15 is 0 Å². The standard InChI is InChI=1S/C19H13Cl2NO5S/c20-12-5-10-18(15(11-12)19(23)24)28(25,26)22-13-6-8-14(9-7-13)27-17-4-2-1-3-16(17)21/h1-11,22H,(H,23,24). The van der Waals surface area contributed by atoms with Crippen molar-refractivity contribution in [1.29, 1.82) is 0 Å². The molecule has 9 heteroatoms. The number of hydrogen-bond donors (Lipinski definition) is 2. The number of nitrogens with one attached hydrogen (secondary N) is 1. The van der Waals surface area contributed by atoms with Crippen molar-refractivity contribution >= 4 is 44.9 Å². The van der Waals surface area contributed by atoms with Crippen LogP contribution in [0.1, 0.15) is 10.4 Å². The molecule has 0 saturated heterocycles. The van der Waals surface area contributed by atoms with Crippen LogP contribution in [0.5, 0.6) is 11.5 Å². The molecule has 28 heavy (non-hydrogen) atoms. The van der Waals surface area contributed by atoms with Crippen LogP contribution in [0.25, 0.3) is 0 Å². The summed E-state index contributed by atoms with van der Waals surface area (Å²) < 4.78 is 33.2. The number of carboxylic acid groups (broad SMARTS) is 1. The maximum absolute atomic E-state index is 12.6. The maximum atomic E-state index is 12.6. The summed E-state index contributed by atoms with van der Waals surface area (Å²) in [6.07, 6.45) is 0. The number of sulfonamides is 1. The highest BCUT2D eigenvalue weighted by Crippen LogP contribution is 2.30. The summed E-state index contributed by atoms with van der Waals surface area (Å²) in [5, 5.41) is 9.80. The molecule has 3 rings (SSSR count). The van der Waals surface area contributed by atoms with Gasteiger partial charge in [-0.25, -0.2) is 13.2 Å². The molecule has 3 aromatic rings. The molecule has 0 radical (unpaired) electrons. The van der Waals surface area contributed by atoms with Crippen molar-refractivity contribution in [2.75, 3.05) is 4.72 Å². The Kier molecular flexibility index (Phi) is 5.79. The molecule has 0 aliphatic rings. The second-order valence-corrected chi connectivity index (χ2v) is 8.10. The van der Waals surface area contributed by atoms with Crippen molar-refractivity contribution in [2.45, 2.75) is 4.90 Å². The van der Waals surface area contributed by atoms with E-state index < -0.39 is 21.6 Å². The van der Waals surface area contributed by atoms with Gasteiger partial charge >= 0.3 is 5.97 Å². The van der Waals surface area contributed by atoms with Gasteiger partial charge in [0.1, 0.15) is 16.4 Å². The first-order valence-corrected chi connectivity index (χ1v) is 10.1.